The highest BCUT2D eigenvalue weighted by atomic mass is 16.2. The molecule has 0 spiro atoms. The van der Waals surface area contributed by atoms with E-state index in [9.17, 15) is 5.26 Å². The molecule has 3 atom stereocenters. The lowest BCUT2D eigenvalue weighted by molar-refractivity contribution is 0.216. The van der Waals surface area contributed by atoms with E-state index in [-0.39, 0.29) is 12.0 Å². The molecule has 1 aliphatic rings. The van der Waals surface area contributed by atoms with Crippen molar-refractivity contribution in [2.75, 3.05) is 6.61 Å². The Labute approximate surface area is 195 Å². The van der Waals surface area contributed by atoms with Crippen LogP contribution >= 0.6 is 0 Å². The fraction of sp³-hybridized carbons (Fsp3) is 0.567. The van der Waals surface area contributed by atoms with Gasteiger partial charge in [0.25, 0.3) is 0 Å². The zero-order valence-corrected chi connectivity index (χ0v) is 20.2. The topological polar surface area (TPSA) is 44.0 Å². The zero-order chi connectivity index (χ0) is 22.8. The molecular formula is C30H41NO. The minimum Gasteiger partial charge on any atom is -0.396 e. The summed E-state index contributed by atoms with van der Waals surface area (Å²) >= 11 is 0. The van der Waals surface area contributed by atoms with Crippen molar-refractivity contribution >= 4 is 0 Å². The number of nitriles is 1. The van der Waals surface area contributed by atoms with Crippen LogP contribution < -0.4 is 0 Å². The molecule has 0 radical (unpaired) electrons. The van der Waals surface area contributed by atoms with Crippen molar-refractivity contribution in [2.24, 2.45) is 5.41 Å². The van der Waals surface area contributed by atoms with Crippen molar-refractivity contribution in [3.63, 3.8) is 0 Å². The summed E-state index contributed by atoms with van der Waals surface area (Å²) < 4.78 is 0. The molecule has 172 valence electrons. The Bertz CT molecular complexity index is 848. The van der Waals surface area contributed by atoms with Gasteiger partial charge >= 0.3 is 0 Å². The lowest BCUT2D eigenvalue weighted by Crippen LogP contribution is -2.26. The van der Waals surface area contributed by atoms with Crippen molar-refractivity contribution in [3.8, 4) is 17.2 Å². The highest BCUT2D eigenvalue weighted by Crippen LogP contribution is 2.46. The fourth-order valence-electron chi connectivity index (χ4n) is 5.51. The van der Waals surface area contributed by atoms with E-state index in [1.165, 1.54) is 41.5 Å². The van der Waals surface area contributed by atoms with Crippen molar-refractivity contribution in [1.82, 2.24) is 0 Å². The molecule has 0 heterocycles. The van der Waals surface area contributed by atoms with E-state index in [0.29, 0.717) is 11.8 Å². The molecule has 0 aromatic heterocycles. The first-order valence-corrected chi connectivity index (χ1v) is 12.8. The van der Waals surface area contributed by atoms with Crippen LogP contribution in [0.4, 0.5) is 0 Å². The minimum absolute atomic E-state index is 0.161. The summed E-state index contributed by atoms with van der Waals surface area (Å²) in [6.07, 6.45) is 12.0. The minimum atomic E-state index is -0.161. The molecule has 3 unspecified atom stereocenters. The summed E-state index contributed by atoms with van der Waals surface area (Å²) in [5.74, 6) is 1.12. The maximum Gasteiger partial charge on any atom is 0.0689 e. The number of unbranched alkanes of at least 4 members (excludes halogenated alkanes) is 3. The maximum absolute atomic E-state index is 10.0. The Balaban J connectivity index is 1.63. The number of rotatable bonds is 11. The number of hydrogen-bond donors (Lipinski definition) is 1. The predicted octanol–water partition coefficient (Wildman–Crippen LogP) is 8.37. The molecular weight excluding hydrogens is 390 g/mol. The van der Waals surface area contributed by atoms with Crippen LogP contribution in [0, 0.1) is 16.7 Å². The molecule has 2 heteroatoms. The molecule has 32 heavy (non-hydrogen) atoms. The van der Waals surface area contributed by atoms with E-state index in [2.05, 4.69) is 68.4 Å². The third-order valence-corrected chi connectivity index (χ3v) is 7.56. The summed E-state index contributed by atoms with van der Waals surface area (Å²) in [5, 5.41) is 19.0. The van der Waals surface area contributed by atoms with E-state index in [0.717, 1.165) is 51.4 Å². The largest absolute Gasteiger partial charge is 0.396 e. The molecule has 1 aliphatic carbocycles. The first-order chi connectivity index (χ1) is 15.6. The third-order valence-electron chi connectivity index (χ3n) is 7.56. The Hall–Kier alpha value is -2.11. The normalized spacial score (nSPS) is 21.8. The van der Waals surface area contributed by atoms with Crippen LogP contribution in [0.3, 0.4) is 0 Å². The number of aliphatic hydroxyl groups is 1. The van der Waals surface area contributed by atoms with Gasteiger partial charge in [-0.15, -0.1) is 0 Å². The molecule has 0 bridgehead atoms. The number of nitrogens with zero attached hydrogens (tertiary/aromatic N) is 1. The third kappa shape index (κ3) is 6.46. The summed E-state index contributed by atoms with van der Waals surface area (Å²) in [6.45, 7) is 4.84. The zero-order valence-electron chi connectivity index (χ0n) is 20.2. The highest BCUT2D eigenvalue weighted by Gasteiger charge is 2.36. The number of benzene rings is 2. The van der Waals surface area contributed by atoms with Gasteiger partial charge in [-0.25, -0.2) is 0 Å². The van der Waals surface area contributed by atoms with E-state index in [1.54, 1.807) is 0 Å². The summed E-state index contributed by atoms with van der Waals surface area (Å²) in [6, 6.07) is 20.9. The molecule has 3 rings (SSSR count). The van der Waals surface area contributed by atoms with E-state index in [1.807, 2.05) is 0 Å². The van der Waals surface area contributed by atoms with E-state index in [4.69, 9.17) is 5.11 Å². The molecule has 0 saturated heterocycles. The van der Waals surface area contributed by atoms with Crippen LogP contribution in [-0.4, -0.2) is 11.7 Å². The number of aliphatic hydroxyl groups excluding tert-OH is 1. The van der Waals surface area contributed by atoms with Gasteiger partial charge in [0.15, 0.2) is 0 Å². The highest BCUT2D eigenvalue weighted by molar-refractivity contribution is 5.64. The predicted molar refractivity (Wildman–Crippen MR) is 135 cm³/mol. The smallest absolute Gasteiger partial charge is 0.0689 e. The Kier molecular flexibility index (Phi) is 9.36. The molecule has 1 N–H and O–H groups in total. The van der Waals surface area contributed by atoms with Crippen molar-refractivity contribution in [2.45, 2.75) is 96.3 Å². The lowest BCUT2D eigenvalue weighted by atomic mass is 9.66. The first kappa shape index (κ1) is 24.5. The van der Waals surface area contributed by atoms with Gasteiger partial charge in [0, 0.05) is 6.61 Å². The van der Waals surface area contributed by atoms with Crippen LogP contribution in [0.25, 0.3) is 11.1 Å². The van der Waals surface area contributed by atoms with Gasteiger partial charge in [-0.1, -0.05) is 94.5 Å². The molecule has 2 aromatic carbocycles. The monoisotopic (exact) mass is 431 g/mol. The Morgan fingerprint density at radius 2 is 1.66 bits per heavy atom. The standard InChI is InChI=1S/C30H41NO/c1-3-9-24(2)25-11-13-26(14-12-25)27-15-17-28(18-16-27)29-10-8-20-30(22-29,23-31)19-6-4-5-7-21-32/h11-18,24,29,32H,3-10,19-22H2,1-2H3. The van der Waals surface area contributed by atoms with Gasteiger partial charge in [-0.3, -0.25) is 0 Å². The van der Waals surface area contributed by atoms with Crippen LogP contribution in [0.5, 0.6) is 0 Å². The second-order valence-corrected chi connectivity index (χ2v) is 10.0. The van der Waals surface area contributed by atoms with Crippen molar-refractivity contribution in [1.29, 1.82) is 5.26 Å². The van der Waals surface area contributed by atoms with Crippen molar-refractivity contribution in [3.05, 3.63) is 59.7 Å². The molecule has 2 aromatic rings. The van der Waals surface area contributed by atoms with Gasteiger partial charge in [-0.05, 0) is 72.6 Å². The fourth-order valence-corrected chi connectivity index (χ4v) is 5.51. The first-order valence-electron chi connectivity index (χ1n) is 12.8. The molecule has 1 fully saturated rings. The maximum atomic E-state index is 10.0. The van der Waals surface area contributed by atoms with Gasteiger partial charge < -0.3 is 5.11 Å². The molecule has 0 aliphatic heterocycles. The van der Waals surface area contributed by atoms with E-state index < -0.39 is 0 Å². The van der Waals surface area contributed by atoms with Crippen LogP contribution in [-0.2, 0) is 0 Å². The quantitative estimate of drug-likeness (QED) is 0.363. The van der Waals surface area contributed by atoms with Crippen LogP contribution in [0.1, 0.15) is 107 Å². The average molecular weight is 432 g/mol. The molecule has 2 nitrogen and oxygen atoms in total. The average Bonchev–Trinajstić information content (AvgIpc) is 2.84. The summed E-state index contributed by atoms with van der Waals surface area (Å²) in [5.41, 5.74) is 5.21. The van der Waals surface area contributed by atoms with Gasteiger partial charge in [0.2, 0.25) is 0 Å². The van der Waals surface area contributed by atoms with Gasteiger partial charge in [0.05, 0.1) is 11.5 Å². The molecule has 1 saturated carbocycles. The Morgan fingerprint density at radius 3 is 2.28 bits per heavy atom. The number of hydrogen-bond acceptors (Lipinski definition) is 2. The molecule has 0 amide bonds. The lowest BCUT2D eigenvalue weighted by Gasteiger charge is -2.36. The second kappa shape index (κ2) is 12.2. The van der Waals surface area contributed by atoms with E-state index >= 15 is 0 Å². The van der Waals surface area contributed by atoms with Crippen molar-refractivity contribution < 1.29 is 5.11 Å². The second-order valence-electron chi connectivity index (χ2n) is 10.0. The van der Waals surface area contributed by atoms with Crippen LogP contribution in [0.2, 0.25) is 0 Å². The van der Waals surface area contributed by atoms with Gasteiger partial charge in [0.1, 0.15) is 0 Å². The van der Waals surface area contributed by atoms with Crippen LogP contribution in [0.15, 0.2) is 48.5 Å². The summed E-state index contributed by atoms with van der Waals surface area (Å²) in [4.78, 5) is 0. The van der Waals surface area contributed by atoms with Gasteiger partial charge in [-0.2, -0.15) is 5.26 Å². The SMILES string of the molecule is CCCC(C)c1ccc(-c2ccc(C3CCCC(C#N)(CCCCCCO)C3)cc2)cc1. The Morgan fingerprint density at radius 1 is 1.00 bits per heavy atom. The summed E-state index contributed by atoms with van der Waals surface area (Å²) in [7, 11) is 0.